The molecular weight excluding hydrogens is 453 g/mol. The Morgan fingerprint density at radius 3 is 2.77 bits per heavy atom. The number of pyridine rings is 1. The van der Waals surface area contributed by atoms with Crippen molar-refractivity contribution in [2.24, 2.45) is 0 Å². The van der Waals surface area contributed by atoms with Crippen molar-refractivity contribution in [1.82, 2.24) is 35.2 Å². The summed E-state index contributed by atoms with van der Waals surface area (Å²) in [6.45, 7) is 1.58. The predicted molar refractivity (Wildman–Crippen MR) is 121 cm³/mol. The molecule has 35 heavy (non-hydrogen) atoms. The average Bonchev–Trinajstić information content (AvgIpc) is 3.48. The van der Waals surface area contributed by atoms with Crippen molar-refractivity contribution in [2.45, 2.75) is 32.4 Å². The fourth-order valence-corrected chi connectivity index (χ4v) is 4.13. The molecule has 0 fully saturated rings. The highest BCUT2D eigenvalue weighted by molar-refractivity contribution is 5.98. The number of ketones is 1. The van der Waals surface area contributed by atoms with Crippen molar-refractivity contribution < 1.29 is 18.8 Å². The molecule has 0 bridgehead atoms. The van der Waals surface area contributed by atoms with Crippen LogP contribution in [0.25, 0.3) is 5.78 Å². The van der Waals surface area contributed by atoms with Crippen LogP contribution < -0.4 is 10.6 Å². The standard InChI is InChI=1S/C24H20FN7O3/c1-13(33)15-2-4-17-16(9-15)3-5-18(17)30-23(35)20-10-19(31-24-28-12-29-32(20)24)22(34)27-11-14-6-7-26-21(25)8-14/h2,4,6-10,12,18H,3,5,11H2,1H3,(H,27,34)(H,30,35)/t18-/m0/s1. The molecule has 2 amide bonds. The van der Waals surface area contributed by atoms with Gasteiger partial charge in [-0.05, 0) is 54.7 Å². The van der Waals surface area contributed by atoms with E-state index in [0.717, 1.165) is 17.5 Å². The molecule has 1 aliphatic carbocycles. The van der Waals surface area contributed by atoms with Crippen molar-refractivity contribution in [2.75, 3.05) is 0 Å². The molecule has 0 aliphatic heterocycles. The third-order valence-corrected chi connectivity index (χ3v) is 5.89. The number of aromatic nitrogens is 5. The molecule has 3 heterocycles. The first-order valence-electron chi connectivity index (χ1n) is 10.9. The quantitative estimate of drug-likeness (QED) is 0.324. The van der Waals surface area contributed by atoms with E-state index in [9.17, 15) is 18.8 Å². The number of Topliss-reactive ketones (excluding diaryl/α,β-unsaturated/α-hetero) is 1. The van der Waals surface area contributed by atoms with Crippen LogP contribution in [-0.4, -0.2) is 42.2 Å². The molecule has 0 saturated carbocycles. The van der Waals surface area contributed by atoms with E-state index in [1.54, 1.807) is 12.1 Å². The smallest absolute Gasteiger partial charge is 0.270 e. The van der Waals surface area contributed by atoms with Gasteiger partial charge in [-0.1, -0.05) is 12.1 Å². The molecule has 1 atom stereocenters. The van der Waals surface area contributed by atoms with E-state index >= 15 is 0 Å². The Bertz CT molecular complexity index is 1480. The number of fused-ring (bicyclic) bond motifs is 2. The van der Waals surface area contributed by atoms with Crippen molar-refractivity contribution in [1.29, 1.82) is 0 Å². The number of carbonyl (C=O) groups is 3. The monoisotopic (exact) mass is 473 g/mol. The maximum Gasteiger partial charge on any atom is 0.270 e. The minimum atomic E-state index is -0.648. The van der Waals surface area contributed by atoms with Gasteiger partial charge in [-0.25, -0.2) is 9.97 Å². The molecule has 11 heteroatoms. The molecular formula is C24H20FN7O3. The number of nitrogens with one attached hydrogen (secondary N) is 2. The topological polar surface area (TPSA) is 131 Å². The van der Waals surface area contributed by atoms with E-state index in [0.29, 0.717) is 17.5 Å². The summed E-state index contributed by atoms with van der Waals surface area (Å²) < 4.78 is 14.6. The minimum absolute atomic E-state index is 0.00878. The number of halogens is 1. The van der Waals surface area contributed by atoms with Crippen LogP contribution in [0.4, 0.5) is 4.39 Å². The summed E-state index contributed by atoms with van der Waals surface area (Å²) in [7, 11) is 0. The summed E-state index contributed by atoms with van der Waals surface area (Å²) in [6, 6.07) is 9.37. The van der Waals surface area contributed by atoms with E-state index in [2.05, 4.69) is 30.7 Å². The van der Waals surface area contributed by atoms with Crippen molar-refractivity contribution >= 4 is 23.4 Å². The summed E-state index contributed by atoms with van der Waals surface area (Å²) >= 11 is 0. The number of carbonyl (C=O) groups excluding carboxylic acids is 3. The molecule has 3 aromatic heterocycles. The van der Waals surface area contributed by atoms with Gasteiger partial charge >= 0.3 is 0 Å². The highest BCUT2D eigenvalue weighted by atomic mass is 19.1. The second-order valence-corrected chi connectivity index (χ2v) is 8.20. The third-order valence-electron chi connectivity index (χ3n) is 5.89. The van der Waals surface area contributed by atoms with E-state index in [4.69, 9.17) is 0 Å². The number of hydrogen-bond donors (Lipinski definition) is 2. The second-order valence-electron chi connectivity index (χ2n) is 8.20. The van der Waals surface area contributed by atoms with Gasteiger partial charge in [0.2, 0.25) is 5.95 Å². The van der Waals surface area contributed by atoms with Crippen LogP contribution >= 0.6 is 0 Å². The molecule has 1 aliphatic rings. The Balaban J connectivity index is 1.37. The average molecular weight is 473 g/mol. The Kier molecular flexibility index (Phi) is 5.73. The highest BCUT2D eigenvalue weighted by Gasteiger charge is 2.27. The van der Waals surface area contributed by atoms with Crippen molar-refractivity contribution in [3.05, 3.63) is 88.5 Å². The molecule has 10 nitrogen and oxygen atoms in total. The zero-order valence-corrected chi connectivity index (χ0v) is 18.7. The molecule has 176 valence electrons. The Morgan fingerprint density at radius 1 is 1.11 bits per heavy atom. The summed E-state index contributed by atoms with van der Waals surface area (Å²) in [5.74, 6) is -1.56. The number of benzene rings is 1. The molecule has 5 rings (SSSR count). The van der Waals surface area contributed by atoms with Gasteiger partial charge in [0.05, 0.1) is 6.04 Å². The van der Waals surface area contributed by atoms with E-state index in [-0.39, 0.29) is 35.5 Å². The van der Waals surface area contributed by atoms with Crippen LogP contribution in [0.15, 0.2) is 48.9 Å². The van der Waals surface area contributed by atoms with E-state index in [1.165, 1.54) is 36.1 Å². The molecule has 0 spiro atoms. The summed E-state index contributed by atoms with van der Waals surface area (Å²) in [6.07, 6.45) is 3.97. The SMILES string of the molecule is CC(=O)c1ccc2c(c1)CC[C@@H]2NC(=O)c1cc(C(=O)NCc2ccnc(F)c2)nc2ncnn12. The molecule has 0 saturated heterocycles. The third kappa shape index (κ3) is 4.47. The first-order chi connectivity index (χ1) is 16.9. The van der Waals surface area contributed by atoms with Gasteiger partial charge in [0.25, 0.3) is 17.6 Å². The van der Waals surface area contributed by atoms with Crippen LogP contribution in [-0.2, 0) is 13.0 Å². The van der Waals surface area contributed by atoms with Crippen LogP contribution in [0, 0.1) is 5.95 Å². The van der Waals surface area contributed by atoms with Gasteiger partial charge in [-0.15, -0.1) is 0 Å². The Hall–Kier alpha value is -4.54. The highest BCUT2D eigenvalue weighted by Crippen LogP contribution is 2.32. The lowest BCUT2D eigenvalue weighted by Crippen LogP contribution is -2.30. The van der Waals surface area contributed by atoms with E-state index < -0.39 is 17.8 Å². The van der Waals surface area contributed by atoms with Gasteiger partial charge in [0, 0.05) is 24.4 Å². The van der Waals surface area contributed by atoms with Crippen LogP contribution in [0.5, 0.6) is 0 Å². The van der Waals surface area contributed by atoms with Gasteiger partial charge in [-0.2, -0.15) is 19.0 Å². The summed E-state index contributed by atoms with van der Waals surface area (Å²) in [5.41, 5.74) is 3.22. The van der Waals surface area contributed by atoms with Gasteiger partial charge in [0.15, 0.2) is 5.78 Å². The normalized spacial score (nSPS) is 14.5. The van der Waals surface area contributed by atoms with Gasteiger partial charge in [0.1, 0.15) is 17.7 Å². The lowest BCUT2D eigenvalue weighted by Gasteiger charge is -2.15. The zero-order valence-electron chi connectivity index (χ0n) is 18.7. The second kappa shape index (κ2) is 9.01. The van der Waals surface area contributed by atoms with Crippen LogP contribution in [0.2, 0.25) is 0 Å². The number of nitrogens with zero attached hydrogens (tertiary/aromatic N) is 5. The molecule has 4 aromatic rings. The fourth-order valence-electron chi connectivity index (χ4n) is 4.13. The number of amides is 2. The van der Waals surface area contributed by atoms with Crippen molar-refractivity contribution in [3.8, 4) is 0 Å². The number of aryl methyl sites for hydroxylation is 1. The first-order valence-corrected chi connectivity index (χ1v) is 10.9. The van der Waals surface area contributed by atoms with E-state index in [1.807, 2.05) is 12.1 Å². The summed E-state index contributed by atoms with van der Waals surface area (Å²) in [4.78, 5) is 49.3. The minimum Gasteiger partial charge on any atom is -0.347 e. The van der Waals surface area contributed by atoms with Gasteiger partial charge < -0.3 is 10.6 Å². The Morgan fingerprint density at radius 2 is 1.97 bits per heavy atom. The van der Waals surface area contributed by atoms with Crippen molar-refractivity contribution in [3.63, 3.8) is 0 Å². The number of hydrogen-bond acceptors (Lipinski definition) is 7. The largest absolute Gasteiger partial charge is 0.347 e. The lowest BCUT2D eigenvalue weighted by molar-refractivity contribution is 0.0927. The number of rotatable bonds is 6. The molecule has 2 N–H and O–H groups in total. The maximum absolute atomic E-state index is 13.3. The van der Waals surface area contributed by atoms with Crippen LogP contribution in [0.3, 0.4) is 0 Å². The fraction of sp³-hybridized carbons (Fsp3) is 0.208. The Labute approximate surface area is 198 Å². The van der Waals surface area contributed by atoms with Gasteiger partial charge in [-0.3, -0.25) is 14.4 Å². The molecule has 0 unspecified atom stereocenters. The zero-order chi connectivity index (χ0) is 24.5. The lowest BCUT2D eigenvalue weighted by atomic mass is 10.0. The first kappa shape index (κ1) is 22.3. The molecule has 1 aromatic carbocycles. The molecule has 0 radical (unpaired) electrons. The van der Waals surface area contributed by atoms with Crippen LogP contribution in [0.1, 0.15) is 67.4 Å². The summed E-state index contributed by atoms with van der Waals surface area (Å²) in [5, 5.41) is 9.70. The predicted octanol–water partition coefficient (Wildman–Crippen LogP) is 2.21. The maximum atomic E-state index is 13.3.